The van der Waals surface area contributed by atoms with Gasteiger partial charge in [0, 0.05) is 22.6 Å². The molecule has 3 aromatic carbocycles. The largest absolute Gasteiger partial charge is 0.367 e. The summed E-state index contributed by atoms with van der Waals surface area (Å²) < 4.78 is 0. The Balaban J connectivity index is 1.67. The Hall–Kier alpha value is -2.66. The molecule has 1 heterocycles. The molecule has 0 saturated carbocycles. The number of para-hydroxylation sites is 1. The SMILES string of the molecule is CCN(CC)CCCC(C)Nc1nc(-c2cccc(-c3cccc(Cl)c3Cl)c2)nc2c(C)cccc12. The van der Waals surface area contributed by atoms with Gasteiger partial charge in [0.2, 0.25) is 0 Å². The van der Waals surface area contributed by atoms with Crippen molar-refractivity contribution >= 4 is 39.9 Å². The monoisotopic (exact) mass is 520 g/mol. The van der Waals surface area contributed by atoms with Gasteiger partial charge in [-0.3, -0.25) is 0 Å². The minimum atomic E-state index is 0.295. The smallest absolute Gasteiger partial charge is 0.162 e. The predicted octanol–water partition coefficient (Wildman–Crippen LogP) is 8.50. The molecule has 0 radical (unpaired) electrons. The van der Waals surface area contributed by atoms with Crippen molar-refractivity contribution in [2.24, 2.45) is 0 Å². The van der Waals surface area contributed by atoms with Gasteiger partial charge in [0.15, 0.2) is 5.82 Å². The van der Waals surface area contributed by atoms with Gasteiger partial charge in [-0.15, -0.1) is 0 Å². The standard InChI is InChI=1S/C30H34Cl2N4/c1-5-36(6-2)18-10-12-21(4)33-30-25-16-7-11-20(3)28(25)34-29(35-30)23-14-8-13-22(19-23)24-15-9-17-26(31)27(24)32/h7-9,11,13-17,19,21H,5-6,10,12,18H2,1-4H3,(H,33,34,35). The highest BCUT2D eigenvalue weighted by molar-refractivity contribution is 6.43. The maximum absolute atomic E-state index is 6.51. The van der Waals surface area contributed by atoms with Gasteiger partial charge in [0.1, 0.15) is 5.82 Å². The first-order valence-corrected chi connectivity index (χ1v) is 13.5. The molecule has 1 N–H and O–H groups in total. The molecular formula is C30H34Cl2N4. The number of hydrogen-bond acceptors (Lipinski definition) is 4. The third-order valence-corrected chi connectivity index (χ3v) is 7.52. The fourth-order valence-corrected chi connectivity index (χ4v) is 4.96. The van der Waals surface area contributed by atoms with Crippen LogP contribution in [0.2, 0.25) is 10.0 Å². The third-order valence-electron chi connectivity index (χ3n) is 6.70. The molecule has 1 aromatic heterocycles. The number of fused-ring (bicyclic) bond motifs is 1. The van der Waals surface area contributed by atoms with E-state index in [2.05, 4.69) is 62.2 Å². The van der Waals surface area contributed by atoms with Gasteiger partial charge in [0.25, 0.3) is 0 Å². The van der Waals surface area contributed by atoms with Crippen LogP contribution in [-0.4, -0.2) is 40.5 Å². The molecule has 6 heteroatoms. The molecule has 4 nitrogen and oxygen atoms in total. The number of benzene rings is 3. The number of rotatable bonds is 10. The molecule has 36 heavy (non-hydrogen) atoms. The van der Waals surface area contributed by atoms with Crippen LogP contribution in [0.5, 0.6) is 0 Å². The van der Waals surface area contributed by atoms with Crippen LogP contribution in [0.25, 0.3) is 33.4 Å². The number of halogens is 2. The van der Waals surface area contributed by atoms with Crippen molar-refractivity contribution in [2.45, 2.75) is 46.6 Å². The van der Waals surface area contributed by atoms with E-state index in [4.69, 9.17) is 33.2 Å². The van der Waals surface area contributed by atoms with E-state index < -0.39 is 0 Å². The number of nitrogens with zero attached hydrogens (tertiary/aromatic N) is 3. The van der Waals surface area contributed by atoms with Crippen molar-refractivity contribution in [1.29, 1.82) is 0 Å². The van der Waals surface area contributed by atoms with Gasteiger partial charge in [-0.1, -0.05) is 79.5 Å². The van der Waals surface area contributed by atoms with Crippen molar-refractivity contribution in [3.63, 3.8) is 0 Å². The number of aromatic nitrogens is 2. The van der Waals surface area contributed by atoms with Crippen molar-refractivity contribution in [3.8, 4) is 22.5 Å². The summed E-state index contributed by atoms with van der Waals surface area (Å²) in [5.41, 5.74) is 4.90. The minimum absolute atomic E-state index is 0.295. The van der Waals surface area contributed by atoms with Gasteiger partial charge >= 0.3 is 0 Å². The van der Waals surface area contributed by atoms with Gasteiger partial charge in [-0.05, 0) is 75.6 Å². The first-order valence-electron chi connectivity index (χ1n) is 12.7. The Morgan fingerprint density at radius 1 is 0.917 bits per heavy atom. The molecule has 1 atom stereocenters. The minimum Gasteiger partial charge on any atom is -0.367 e. The van der Waals surface area contributed by atoms with Crippen LogP contribution >= 0.6 is 23.2 Å². The summed E-state index contributed by atoms with van der Waals surface area (Å²) in [7, 11) is 0. The first-order chi connectivity index (χ1) is 17.4. The van der Waals surface area contributed by atoms with E-state index in [-0.39, 0.29) is 0 Å². The van der Waals surface area contributed by atoms with Crippen LogP contribution in [0.15, 0.2) is 60.7 Å². The fourth-order valence-electron chi connectivity index (χ4n) is 4.55. The quantitative estimate of drug-likeness (QED) is 0.227. The summed E-state index contributed by atoms with van der Waals surface area (Å²) in [6.45, 7) is 12.1. The molecule has 0 saturated heterocycles. The Morgan fingerprint density at radius 2 is 1.64 bits per heavy atom. The lowest BCUT2D eigenvalue weighted by Gasteiger charge is -2.21. The van der Waals surface area contributed by atoms with Crippen molar-refractivity contribution in [3.05, 3.63) is 76.3 Å². The number of hydrogen-bond donors (Lipinski definition) is 1. The second-order valence-electron chi connectivity index (χ2n) is 9.26. The van der Waals surface area contributed by atoms with Crippen LogP contribution in [0, 0.1) is 6.92 Å². The lowest BCUT2D eigenvalue weighted by molar-refractivity contribution is 0.295. The van der Waals surface area contributed by atoms with Crippen LogP contribution in [0.3, 0.4) is 0 Å². The van der Waals surface area contributed by atoms with E-state index in [9.17, 15) is 0 Å². The van der Waals surface area contributed by atoms with E-state index >= 15 is 0 Å². The average Bonchev–Trinajstić information content (AvgIpc) is 2.89. The third kappa shape index (κ3) is 6.00. The van der Waals surface area contributed by atoms with Crippen molar-refractivity contribution in [2.75, 3.05) is 25.0 Å². The highest BCUT2D eigenvalue weighted by Gasteiger charge is 2.15. The van der Waals surface area contributed by atoms with Gasteiger partial charge < -0.3 is 10.2 Å². The molecule has 4 rings (SSSR count). The molecule has 0 bridgehead atoms. The van der Waals surface area contributed by atoms with Crippen LogP contribution in [-0.2, 0) is 0 Å². The van der Waals surface area contributed by atoms with E-state index in [0.29, 0.717) is 21.9 Å². The maximum atomic E-state index is 6.51. The number of aryl methyl sites for hydroxylation is 1. The predicted molar refractivity (Wildman–Crippen MR) is 155 cm³/mol. The molecule has 0 aliphatic heterocycles. The highest BCUT2D eigenvalue weighted by Crippen LogP contribution is 2.35. The lowest BCUT2D eigenvalue weighted by Crippen LogP contribution is -2.25. The number of nitrogens with one attached hydrogen (secondary N) is 1. The van der Waals surface area contributed by atoms with Crippen molar-refractivity contribution in [1.82, 2.24) is 14.9 Å². The molecule has 4 aromatic rings. The average molecular weight is 522 g/mol. The molecule has 1 unspecified atom stereocenters. The van der Waals surface area contributed by atoms with Crippen LogP contribution in [0.4, 0.5) is 5.82 Å². The van der Waals surface area contributed by atoms with E-state index in [1.165, 1.54) is 0 Å². The molecular weight excluding hydrogens is 487 g/mol. The summed E-state index contributed by atoms with van der Waals surface area (Å²) in [6, 6.07) is 20.4. The molecule has 0 fully saturated rings. The van der Waals surface area contributed by atoms with Gasteiger partial charge in [-0.2, -0.15) is 0 Å². The molecule has 0 aliphatic rings. The Morgan fingerprint density at radius 3 is 2.42 bits per heavy atom. The van der Waals surface area contributed by atoms with E-state index in [1.54, 1.807) is 6.07 Å². The highest BCUT2D eigenvalue weighted by atomic mass is 35.5. The second-order valence-corrected chi connectivity index (χ2v) is 10.0. The van der Waals surface area contributed by atoms with E-state index in [0.717, 1.165) is 71.5 Å². The zero-order valence-corrected chi connectivity index (χ0v) is 23.0. The van der Waals surface area contributed by atoms with Gasteiger partial charge in [-0.25, -0.2) is 9.97 Å². The molecule has 0 aliphatic carbocycles. The zero-order valence-electron chi connectivity index (χ0n) is 21.5. The molecule has 0 amide bonds. The summed E-state index contributed by atoms with van der Waals surface area (Å²) in [6.07, 6.45) is 2.22. The van der Waals surface area contributed by atoms with Crippen LogP contribution in [0.1, 0.15) is 39.2 Å². The summed E-state index contributed by atoms with van der Waals surface area (Å²) in [5.74, 6) is 1.56. The topological polar surface area (TPSA) is 41.0 Å². The maximum Gasteiger partial charge on any atom is 0.162 e. The summed E-state index contributed by atoms with van der Waals surface area (Å²) in [5, 5.41) is 5.82. The Kier molecular flexibility index (Phi) is 8.84. The fraction of sp³-hybridized carbons (Fsp3) is 0.333. The normalized spacial score (nSPS) is 12.3. The lowest BCUT2D eigenvalue weighted by atomic mass is 10.0. The summed E-state index contributed by atoms with van der Waals surface area (Å²) in [4.78, 5) is 12.5. The first kappa shape index (κ1) is 26.4. The Labute approximate surface area is 224 Å². The second kappa shape index (κ2) is 12.1. The van der Waals surface area contributed by atoms with Gasteiger partial charge in [0.05, 0.1) is 15.6 Å². The molecule has 188 valence electrons. The van der Waals surface area contributed by atoms with Crippen molar-refractivity contribution < 1.29 is 0 Å². The summed E-state index contributed by atoms with van der Waals surface area (Å²) >= 11 is 12.8. The Bertz CT molecular complexity index is 1330. The van der Waals surface area contributed by atoms with Crippen LogP contribution < -0.4 is 5.32 Å². The zero-order chi connectivity index (χ0) is 25.7. The molecule has 0 spiro atoms. The number of anilines is 1. The van der Waals surface area contributed by atoms with E-state index in [1.807, 2.05) is 30.3 Å².